The maximum Gasteiger partial charge on any atom is 0.255 e. The second kappa shape index (κ2) is 8.19. The SMILES string of the molecule is C#CCNC(=O)c1ccccc1NC(=O)c1ccc(N2CCCC2=O)cc1. The molecule has 2 aromatic carbocycles. The third-order valence-electron chi connectivity index (χ3n) is 4.29. The molecule has 0 saturated carbocycles. The quantitative estimate of drug-likeness (QED) is 0.803. The van der Waals surface area contributed by atoms with Crippen molar-refractivity contribution in [3.8, 4) is 12.3 Å². The molecule has 1 aliphatic rings. The number of para-hydroxylation sites is 1. The summed E-state index contributed by atoms with van der Waals surface area (Å²) in [5.41, 5.74) is 1.95. The molecule has 1 fully saturated rings. The highest BCUT2D eigenvalue weighted by Crippen LogP contribution is 2.22. The van der Waals surface area contributed by atoms with Crippen LogP contribution in [-0.2, 0) is 4.79 Å². The third kappa shape index (κ3) is 4.15. The van der Waals surface area contributed by atoms with E-state index < -0.39 is 0 Å². The van der Waals surface area contributed by atoms with E-state index in [-0.39, 0.29) is 24.3 Å². The summed E-state index contributed by atoms with van der Waals surface area (Å²) in [5, 5.41) is 5.33. The van der Waals surface area contributed by atoms with Crippen LogP contribution in [0.25, 0.3) is 0 Å². The Balaban J connectivity index is 1.73. The van der Waals surface area contributed by atoms with E-state index in [1.54, 1.807) is 53.4 Å². The van der Waals surface area contributed by atoms with Gasteiger partial charge < -0.3 is 15.5 Å². The molecule has 0 atom stereocenters. The molecular weight excluding hydrogens is 342 g/mol. The van der Waals surface area contributed by atoms with Crippen molar-refractivity contribution in [2.75, 3.05) is 23.3 Å². The minimum atomic E-state index is -0.355. The number of terminal acetylenes is 1. The molecule has 0 bridgehead atoms. The Morgan fingerprint density at radius 2 is 1.81 bits per heavy atom. The van der Waals surface area contributed by atoms with E-state index >= 15 is 0 Å². The summed E-state index contributed by atoms with van der Waals surface area (Å²) < 4.78 is 0. The maximum atomic E-state index is 12.5. The number of rotatable bonds is 5. The summed E-state index contributed by atoms with van der Waals surface area (Å²) in [5.74, 6) is 1.74. The van der Waals surface area contributed by atoms with Crippen molar-refractivity contribution in [1.82, 2.24) is 5.32 Å². The number of anilines is 2. The summed E-state index contributed by atoms with van der Waals surface area (Å²) in [6, 6.07) is 13.5. The average molecular weight is 361 g/mol. The van der Waals surface area contributed by atoms with Crippen LogP contribution in [0.1, 0.15) is 33.6 Å². The van der Waals surface area contributed by atoms with E-state index in [1.165, 1.54) is 0 Å². The first kappa shape index (κ1) is 18.2. The number of hydrogen-bond acceptors (Lipinski definition) is 3. The van der Waals surface area contributed by atoms with Crippen LogP contribution < -0.4 is 15.5 Å². The molecule has 2 aromatic rings. The van der Waals surface area contributed by atoms with Gasteiger partial charge in [-0.1, -0.05) is 18.1 Å². The monoisotopic (exact) mass is 361 g/mol. The van der Waals surface area contributed by atoms with Gasteiger partial charge in [0.25, 0.3) is 11.8 Å². The fourth-order valence-corrected chi connectivity index (χ4v) is 2.93. The molecule has 3 amide bonds. The first-order valence-electron chi connectivity index (χ1n) is 8.62. The zero-order valence-electron chi connectivity index (χ0n) is 14.7. The van der Waals surface area contributed by atoms with Crippen molar-refractivity contribution in [3.63, 3.8) is 0 Å². The molecule has 0 unspecified atom stereocenters. The number of carbonyl (C=O) groups is 3. The van der Waals surface area contributed by atoms with Crippen LogP contribution in [0, 0.1) is 12.3 Å². The lowest BCUT2D eigenvalue weighted by Crippen LogP contribution is -2.25. The number of nitrogens with one attached hydrogen (secondary N) is 2. The van der Waals surface area contributed by atoms with E-state index in [4.69, 9.17) is 6.42 Å². The van der Waals surface area contributed by atoms with Gasteiger partial charge in [0.15, 0.2) is 0 Å². The van der Waals surface area contributed by atoms with Gasteiger partial charge in [-0.05, 0) is 42.8 Å². The molecule has 0 radical (unpaired) electrons. The zero-order valence-corrected chi connectivity index (χ0v) is 14.7. The third-order valence-corrected chi connectivity index (χ3v) is 4.29. The largest absolute Gasteiger partial charge is 0.341 e. The Morgan fingerprint density at radius 3 is 2.48 bits per heavy atom. The Kier molecular flexibility index (Phi) is 5.53. The topological polar surface area (TPSA) is 78.5 Å². The average Bonchev–Trinajstić information content (AvgIpc) is 3.12. The van der Waals surface area contributed by atoms with Crippen molar-refractivity contribution in [3.05, 3.63) is 59.7 Å². The van der Waals surface area contributed by atoms with Crippen molar-refractivity contribution in [1.29, 1.82) is 0 Å². The molecule has 6 heteroatoms. The summed E-state index contributed by atoms with van der Waals surface area (Å²) in [6.45, 7) is 0.808. The van der Waals surface area contributed by atoms with Crippen LogP contribution in [0.4, 0.5) is 11.4 Å². The smallest absolute Gasteiger partial charge is 0.255 e. The number of hydrogen-bond donors (Lipinski definition) is 2. The minimum Gasteiger partial charge on any atom is -0.341 e. The first-order chi connectivity index (χ1) is 13.1. The molecule has 136 valence electrons. The Labute approximate surface area is 157 Å². The number of benzene rings is 2. The van der Waals surface area contributed by atoms with E-state index in [0.717, 1.165) is 12.1 Å². The van der Waals surface area contributed by atoms with Crippen LogP contribution in [0.2, 0.25) is 0 Å². The van der Waals surface area contributed by atoms with E-state index in [1.807, 2.05) is 0 Å². The van der Waals surface area contributed by atoms with E-state index in [0.29, 0.717) is 29.8 Å². The summed E-state index contributed by atoms with van der Waals surface area (Å²) in [6.07, 6.45) is 6.56. The fraction of sp³-hybridized carbons (Fsp3) is 0.190. The molecule has 1 saturated heterocycles. The molecule has 2 N–H and O–H groups in total. The molecule has 0 aromatic heterocycles. The van der Waals surface area contributed by atoms with Crippen molar-refractivity contribution in [2.45, 2.75) is 12.8 Å². The lowest BCUT2D eigenvalue weighted by Gasteiger charge is -2.16. The van der Waals surface area contributed by atoms with Gasteiger partial charge in [-0.3, -0.25) is 14.4 Å². The molecule has 0 aliphatic carbocycles. The van der Waals surface area contributed by atoms with E-state index in [9.17, 15) is 14.4 Å². The molecule has 6 nitrogen and oxygen atoms in total. The summed E-state index contributed by atoms with van der Waals surface area (Å²) >= 11 is 0. The van der Waals surface area contributed by atoms with Gasteiger partial charge in [-0.15, -0.1) is 6.42 Å². The van der Waals surface area contributed by atoms with Crippen molar-refractivity contribution >= 4 is 29.1 Å². The standard InChI is InChI=1S/C21H19N3O3/c1-2-13-22-21(27)17-6-3-4-7-18(17)23-20(26)15-9-11-16(12-10-15)24-14-5-8-19(24)25/h1,3-4,6-7,9-12H,5,8,13-14H2,(H,22,27)(H,23,26). The van der Waals surface area contributed by atoms with E-state index in [2.05, 4.69) is 16.6 Å². The van der Waals surface area contributed by atoms with Gasteiger partial charge in [-0.25, -0.2) is 0 Å². The number of amides is 3. The highest BCUT2D eigenvalue weighted by Gasteiger charge is 2.22. The normalized spacial score (nSPS) is 13.1. The lowest BCUT2D eigenvalue weighted by molar-refractivity contribution is -0.117. The van der Waals surface area contributed by atoms with Crippen LogP contribution in [0.5, 0.6) is 0 Å². The van der Waals surface area contributed by atoms with Gasteiger partial charge >= 0.3 is 0 Å². The van der Waals surface area contributed by atoms with Gasteiger partial charge in [0.05, 0.1) is 17.8 Å². The Morgan fingerprint density at radius 1 is 1.07 bits per heavy atom. The predicted molar refractivity (Wildman–Crippen MR) is 104 cm³/mol. The zero-order chi connectivity index (χ0) is 19.2. The second-order valence-corrected chi connectivity index (χ2v) is 6.08. The minimum absolute atomic E-state index is 0.0964. The first-order valence-corrected chi connectivity index (χ1v) is 8.62. The van der Waals surface area contributed by atoms with Gasteiger partial charge in [-0.2, -0.15) is 0 Å². The second-order valence-electron chi connectivity index (χ2n) is 6.08. The molecule has 1 heterocycles. The maximum absolute atomic E-state index is 12.5. The van der Waals surface area contributed by atoms with Crippen molar-refractivity contribution < 1.29 is 14.4 Å². The summed E-state index contributed by atoms with van der Waals surface area (Å²) in [4.78, 5) is 38.2. The predicted octanol–water partition coefficient (Wildman–Crippen LogP) is 2.43. The molecule has 27 heavy (non-hydrogen) atoms. The van der Waals surface area contributed by atoms with Gasteiger partial charge in [0.2, 0.25) is 5.91 Å². The van der Waals surface area contributed by atoms with Gasteiger partial charge in [0, 0.05) is 24.2 Å². The molecule has 3 rings (SSSR count). The fourth-order valence-electron chi connectivity index (χ4n) is 2.93. The van der Waals surface area contributed by atoms with Crippen LogP contribution in [-0.4, -0.2) is 30.8 Å². The van der Waals surface area contributed by atoms with Crippen LogP contribution in [0.3, 0.4) is 0 Å². The van der Waals surface area contributed by atoms with Crippen LogP contribution >= 0.6 is 0 Å². The number of nitrogens with zero attached hydrogens (tertiary/aromatic N) is 1. The number of carbonyl (C=O) groups excluding carboxylic acids is 3. The van der Waals surface area contributed by atoms with Gasteiger partial charge in [0.1, 0.15) is 0 Å². The summed E-state index contributed by atoms with van der Waals surface area (Å²) in [7, 11) is 0. The lowest BCUT2D eigenvalue weighted by atomic mass is 10.1. The highest BCUT2D eigenvalue weighted by molar-refractivity contribution is 6.09. The molecule has 0 spiro atoms. The molecular formula is C21H19N3O3. The Hall–Kier alpha value is -3.59. The molecule has 1 aliphatic heterocycles. The van der Waals surface area contributed by atoms with Crippen molar-refractivity contribution in [2.24, 2.45) is 0 Å². The highest BCUT2D eigenvalue weighted by atomic mass is 16.2. The Bertz CT molecular complexity index is 913. The van der Waals surface area contributed by atoms with Crippen LogP contribution in [0.15, 0.2) is 48.5 Å².